The number of esters is 1. The van der Waals surface area contributed by atoms with Crippen molar-refractivity contribution in [2.45, 2.75) is 0 Å². The van der Waals surface area contributed by atoms with Gasteiger partial charge in [-0.05, 0) is 12.1 Å². The van der Waals surface area contributed by atoms with Gasteiger partial charge in [-0.1, -0.05) is 6.07 Å². The molecule has 88 valence electrons. The fourth-order valence-corrected chi connectivity index (χ4v) is 1.02. The minimum absolute atomic E-state index is 0.536. The van der Waals surface area contributed by atoms with Gasteiger partial charge < -0.3 is 14.8 Å². The van der Waals surface area contributed by atoms with Crippen molar-refractivity contribution in [2.75, 3.05) is 19.5 Å². The highest BCUT2D eigenvalue weighted by Gasteiger charge is 2.00. The molecule has 0 spiro atoms. The second-order valence-electron chi connectivity index (χ2n) is 2.93. The van der Waals surface area contributed by atoms with Gasteiger partial charge >= 0.3 is 11.9 Å². The molecular formula is C12H11NO4. The second-order valence-corrected chi connectivity index (χ2v) is 2.93. The Morgan fingerprint density at radius 3 is 2.65 bits per heavy atom. The van der Waals surface area contributed by atoms with Crippen LogP contribution in [0.25, 0.3) is 0 Å². The number of amides is 1. The maximum absolute atomic E-state index is 11.3. The molecule has 5 nitrogen and oxygen atoms in total. The molecule has 0 saturated heterocycles. The summed E-state index contributed by atoms with van der Waals surface area (Å²) in [7, 11) is 2.72. The van der Waals surface area contributed by atoms with Crippen molar-refractivity contribution >= 4 is 17.6 Å². The largest absolute Gasteiger partial charge is 0.497 e. The van der Waals surface area contributed by atoms with E-state index in [-0.39, 0.29) is 0 Å². The van der Waals surface area contributed by atoms with Crippen LogP contribution in [0.2, 0.25) is 0 Å². The molecule has 17 heavy (non-hydrogen) atoms. The Kier molecular flexibility index (Phi) is 4.58. The standard InChI is InChI=1S/C12H11NO4/c1-16-10-5-3-4-9(8-10)13-11(14)6-7-12(15)17-2/h3-5,8H,1-2H3,(H,13,14). The van der Waals surface area contributed by atoms with Crippen molar-refractivity contribution in [1.29, 1.82) is 0 Å². The van der Waals surface area contributed by atoms with Gasteiger partial charge in [0.15, 0.2) is 0 Å². The third-order valence-electron chi connectivity index (χ3n) is 1.79. The molecule has 0 fully saturated rings. The van der Waals surface area contributed by atoms with Crippen LogP contribution in [0.5, 0.6) is 5.75 Å². The molecule has 0 aromatic heterocycles. The molecule has 0 radical (unpaired) electrons. The van der Waals surface area contributed by atoms with Gasteiger partial charge in [-0.3, -0.25) is 4.79 Å². The summed E-state index contributed by atoms with van der Waals surface area (Å²) in [6.45, 7) is 0. The Balaban J connectivity index is 2.67. The summed E-state index contributed by atoms with van der Waals surface area (Å²) >= 11 is 0. The van der Waals surface area contributed by atoms with Crippen LogP contribution in [-0.4, -0.2) is 26.1 Å². The van der Waals surface area contributed by atoms with Gasteiger partial charge in [0.05, 0.1) is 14.2 Å². The lowest BCUT2D eigenvalue weighted by Gasteiger charge is -2.03. The van der Waals surface area contributed by atoms with E-state index in [0.29, 0.717) is 11.4 Å². The molecule has 5 heteroatoms. The highest BCUT2D eigenvalue weighted by molar-refractivity contribution is 6.07. The van der Waals surface area contributed by atoms with Crippen molar-refractivity contribution in [2.24, 2.45) is 0 Å². The Labute approximate surface area is 98.7 Å². The molecule has 1 rings (SSSR count). The van der Waals surface area contributed by atoms with E-state index in [9.17, 15) is 9.59 Å². The molecule has 0 aliphatic rings. The van der Waals surface area contributed by atoms with E-state index >= 15 is 0 Å². The highest BCUT2D eigenvalue weighted by atomic mass is 16.5. The zero-order chi connectivity index (χ0) is 12.7. The number of nitrogens with one attached hydrogen (secondary N) is 1. The van der Waals surface area contributed by atoms with Crippen LogP contribution in [0.4, 0.5) is 5.69 Å². The predicted molar refractivity (Wildman–Crippen MR) is 61.4 cm³/mol. The van der Waals surface area contributed by atoms with Gasteiger partial charge in [-0.2, -0.15) is 0 Å². The summed E-state index contributed by atoms with van der Waals surface area (Å²) in [5.41, 5.74) is 0.536. The van der Waals surface area contributed by atoms with E-state index in [1.54, 1.807) is 24.3 Å². The summed E-state index contributed by atoms with van der Waals surface area (Å²) in [6, 6.07) is 6.79. The number of methoxy groups -OCH3 is 2. The first-order chi connectivity index (χ1) is 8.15. The monoisotopic (exact) mass is 233 g/mol. The summed E-state index contributed by atoms with van der Waals surface area (Å²) in [5.74, 6) is 3.39. The number of hydrogen-bond acceptors (Lipinski definition) is 4. The Hall–Kier alpha value is -2.48. The van der Waals surface area contributed by atoms with Crippen molar-refractivity contribution in [3.05, 3.63) is 24.3 Å². The Bertz CT molecular complexity index is 485. The fourth-order valence-electron chi connectivity index (χ4n) is 1.02. The van der Waals surface area contributed by atoms with Crippen molar-refractivity contribution in [3.8, 4) is 17.6 Å². The van der Waals surface area contributed by atoms with E-state index < -0.39 is 11.9 Å². The second kappa shape index (κ2) is 6.18. The number of ether oxygens (including phenoxy) is 2. The number of benzene rings is 1. The highest BCUT2D eigenvalue weighted by Crippen LogP contribution is 2.16. The van der Waals surface area contributed by atoms with Crippen molar-refractivity contribution in [1.82, 2.24) is 0 Å². The van der Waals surface area contributed by atoms with E-state index in [1.165, 1.54) is 14.2 Å². The molecule has 0 bridgehead atoms. The van der Waals surface area contributed by atoms with E-state index in [1.807, 2.05) is 5.92 Å². The van der Waals surface area contributed by atoms with Gasteiger partial charge in [-0.15, -0.1) is 0 Å². The van der Waals surface area contributed by atoms with Gasteiger partial charge in [0, 0.05) is 23.6 Å². The minimum Gasteiger partial charge on any atom is -0.497 e. The van der Waals surface area contributed by atoms with Gasteiger partial charge in [0.2, 0.25) is 0 Å². The van der Waals surface area contributed by atoms with E-state index in [0.717, 1.165) is 0 Å². The van der Waals surface area contributed by atoms with Crippen molar-refractivity contribution in [3.63, 3.8) is 0 Å². The maximum Gasteiger partial charge on any atom is 0.384 e. The maximum atomic E-state index is 11.3. The van der Waals surface area contributed by atoms with Gasteiger partial charge in [0.1, 0.15) is 5.75 Å². The average Bonchev–Trinajstić information content (AvgIpc) is 2.36. The lowest BCUT2D eigenvalue weighted by atomic mass is 10.3. The normalized spacial score (nSPS) is 8.59. The molecule has 1 amide bonds. The zero-order valence-electron chi connectivity index (χ0n) is 9.44. The van der Waals surface area contributed by atoms with Crippen LogP contribution in [0, 0.1) is 11.8 Å². The summed E-state index contributed by atoms with van der Waals surface area (Å²) < 4.78 is 9.27. The lowest BCUT2D eigenvalue weighted by Crippen LogP contribution is -2.09. The first-order valence-electron chi connectivity index (χ1n) is 4.70. The number of hydrogen-bond donors (Lipinski definition) is 1. The van der Waals surface area contributed by atoms with Gasteiger partial charge in [0.25, 0.3) is 0 Å². The lowest BCUT2D eigenvalue weighted by molar-refractivity contribution is -0.133. The topological polar surface area (TPSA) is 64.6 Å². The van der Waals surface area contributed by atoms with Crippen LogP contribution in [0.1, 0.15) is 0 Å². The molecule has 1 N–H and O–H groups in total. The molecule has 0 heterocycles. The summed E-state index contributed by atoms with van der Waals surface area (Å²) in [4.78, 5) is 22.0. The third-order valence-corrected chi connectivity index (χ3v) is 1.79. The fraction of sp³-hybridized carbons (Fsp3) is 0.167. The van der Waals surface area contributed by atoms with Crippen LogP contribution >= 0.6 is 0 Å². The summed E-state index contributed by atoms with van der Waals surface area (Å²) in [5, 5.41) is 2.50. The Morgan fingerprint density at radius 1 is 1.24 bits per heavy atom. The number of carbonyl (C=O) groups is 2. The minimum atomic E-state index is -0.759. The van der Waals surface area contributed by atoms with Crippen LogP contribution in [-0.2, 0) is 14.3 Å². The molecule has 0 aliphatic heterocycles. The van der Waals surface area contributed by atoms with E-state index in [4.69, 9.17) is 4.74 Å². The third kappa shape index (κ3) is 4.26. The number of anilines is 1. The smallest absolute Gasteiger partial charge is 0.384 e. The van der Waals surface area contributed by atoms with Crippen LogP contribution < -0.4 is 10.1 Å². The molecule has 0 saturated carbocycles. The predicted octanol–water partition coefficient (Wildman–Crippen LogP) is 0.810. The number of rotatable bonds is 2. The SMILES string of the molecule is COC(=O)C#CC(=O)Nc1cccc(OC)c1. The summed E-state index contributed by atoms with van der Waals surface area (Å²) in [6.07, 6.45) is 0. The van der Waals surface area contributed by atoms with Crippen molar-refractivity contribution < 1.29 is 19.1 Å². The molecule has 1 aromatic carbocycles. The Morgan fingerprint density at radius 2 is 2.00 bits per heavy atom. The van der Waals surface area contributed by atoms with Crippen LogP contribution in [0.15, 0.2) is 24.3 Å². The van der Waals surface area contributed by atoms with Crippen LogP contribution in [0.3, 0.4) is 0 Å². The van der Waals surface area contributed by atoms with E-state index in [2.05, 4.69) is 16.0 Å². The number of carbonyl (C=O) groups excluding carboxylic acids is 2. The molecule has 0 unspecified atom stereocenters. The van der Waals surface area contributed by atoms with Gasteiger partial charge in [-0.25, -0.2) is 4.79 Å². The first kappa shape index (κ1) is 12.6. The molecule has 1 aromatic rings. The molecule has 0 atom stereocenters. The quantitative estimate of drug-likeness (QED) is 0.466. The molecule has 0 aliphatic carbocycles. The molecular weight excluding hydrogens is 222 g/mol. The zero-order valence-corrected chi connectivity index (χ0v) is 9.44. The first-order valence-corrected chi connectivity index (χ1v) is 4.70. The average molecular weight is 233 g/mol.